The van der Waals surface area contributed by atoms with Crippen LogP contribution in [0.5, 0.6) is 0 Å². The minimum atomic E-state index is -4.41. The maximum Gasteiger partial charge on any atom is 0.417 e. The zero-order valence-corrected chi connectivity index (χ0v) is 13.0. The summed E-state index contributed by atoms with van der Waals surface area (Å²) < 4.78 is 39.2. The van der Waals surface area contributed by atoms with E-state index in [-0.39, 0.29) is 11.7 Å². The molecule has 1 N–H and O–H groups in total. The Labute approximate surface area is 134 Å². The predicted octanol–water partition coefficient (Wildman–Crippen LogP) is 3.64. The van der Waals surface area contributed by atoms with Gasteiger partial charge in [0, 0.05) is 12.2 Å². The number of rotatable bonds is 3. The van der Waals surface area contributed by atoms with Crippen LogP contribution in [0, 0.1) is 0 Å². The second-order valence-corrected chi connectivity index (χ2v) is 6.45. The van der Waals surface area contributed by atoms with Crippen molar-refractivity contribution in [1.29, 1.82) is 0 Å². The predicted molar refractivity (Wildman–Crippen MR) is 78.3 cm³/mol. The van der Waals surface area contributed by atoms with Gasteiger partial charge in [-0.05, 0) is 36.7 Å². The Hall–Kier alpha value is -1.77. The SMILES string of the molecule is O=c1[nH]nc(Sc2ccc(C(F)(F)F)cn2)n1C1CCCCC1. The lowest BCUT2D eigenvalue weighted by atomic mass is 9.95. The largest absolute Gasteiger partial charge is 0.417 e. The summed E-state index contributed by atoms with van der Waals surface area (Å²) in [6.07, 6.45) is 1.48. The summed E-state index contributed by atoms with van der Waals surface area (Å²) in [4.78, 5) is 15.8. The van der Waals surface area contributed by atoms with E-state index in [1.807, 2.05) is 0 Å². The zero-order chi connectivity index (χ0) is 16.4. The molecule has 1 aliphatic rings. The second-order valence-electron chi connectivity index (χ2n) is 5.46. The lowest BCUT2D eigenvalue weighted by Crippen LogP contribution is -2.24. The van der Waals surface area contributed by atoms with Crippen LogP contribution in [-0.4, -0.2) is 19.7 Å². The number of halogens is 3. The van der Waals surface area contributed by atoms with Gasteiger partial charge in [0.15, 0.2) is 5.16 Å². The molecule has 2 heterocycles. The van der Waals surface area contributed by atoms with Gasteiger partial charge in [0.2, 0.25) is 0 Å². The van der Waals surface area contributed by atoms with E-state index in [9.17, 15) is 18.0 Å². The maximum atomic E-state index is 12.5. The third-order valence-electron chi connectivity index (χ3n) is 3.87. The van der Waals surface area contributed by atoms with Crippen LogP contribution < -0.4 is 5.69 Å². The van der Waals surface area contributed by atoms with Crippen molar-refractivity contribution < 1.29 is 13.2 Å². The molecule has 23 heavy (non-hydrogen) atoms. The van der Waals surface area contributed by atoms with Gasteiger partial charge >= 0.3 is 11.9 Å². The third-order valence-corrected chi connectivity index (χ3v) is 4.79. The molecular weight excluding hydrogens is 329 g/mol. The summed E-state index contributed by atoms with van der Waals surface area (Å²) >= 11 is 1.09. The molecule has 1 saturated carbocycles. The molecule has 0 spiro atoms. The number of nitrogens with one attached hydrogen (secondary N) is 1. The average molecular weight is 344 g/mol. The van der Waals surface area contributed by atoms with Crippen molar-refractivity contribution in [2.75, 3.05) is 0 Å². The van der Waals surface area contributed by atoms with Gasteiger partial charge in [0.1, 0.15) is 5.03 Å². The molecule has 124 valence electrons. The van der Waals surface area contributed by atoms with Crippen molar-refractivity contribution in [2.45, 2.75) is 54.5 Å². The van der Waals surface area contributed by atoms with E-state index in [2.05, 4.69) is 15.2 Å². The van der Waals surface area contributed by atoms with E-state index in [0.29, 0.717) is 10.2 Å². The minimum Gasteiger partial charge on any atom is -0.267 e. The third kappa shape index (κ3) is 3.60. The van der Waals surface area contributed by atoms with Crippen molar-refractivity contribution in [3.05, 3.63) is 34.4 Å². The van der Waals surface area contributed by atoms with Crippen LogP contribution >= 0.6 is 11.8 Å². The van der Waals surface area contributed by atoms with E-state index in [1.165, 1.54) is 6.07 Å². The van der Waals surface area contributed by atoms with E-state index in [0.717, 1.165) is 56.1 Å². The van der Waals surface area contributed by atoms with E-state index in [1.54, 1.807) is 4.57 Å². The Morgan fingerprint density at radius 1 is 1.22 bits per heavy atom. The number of pyridine rings is 1. The van der Waals surface area contributed by atoms with Gasteiger partial charge in [-0.25, -0.2) is 14.9 Å². The monoisotopic (exact) mass is 344 g/mol. The van der Waals surface area contributed by atoms with Gasteiger partial charge in [-0.15, -0.1) is 5.10 Å². The van der Waals surface area contributed by atoms with Crippen LogP contribution in [0.4, 0.5) is 13.2 Å². The molecule has 9 heteroatoms. The molecule has 0 aliphatic heterocycles. The first-order valence-corrected chi connectivity index (χ1v) is 8.15. The van der Waals surface area contributed by atoms with Crippen molar-refractivity contribution in [3.63, 3.8) is 0 Å². The van der Waals surface area contributed by atoms with Gasteiger partial charge in [0.05, 0.1) is 5.56 Å². The number of aromatic amines is 1. The highest BCUT2D eigenvalue weighted by Crippen LogP contribution is 2.33. The van der Waals surface area contributed by atoms with Crippen LogP contribution in [0.15, 0.2) is 33.3 Å². The average Bonchev–Trinajstić information content (AvgIpc) is 2.88. The molecule has 1 fully saturated rings. The van der Waals surface area contributed by atoms with Crippen molar-refractivity contribution >= 4 is 11.8 Å². The van der Waals surface area contributed by atoms with Crippen molar-refractivity contribution in [3.8, 4) is 0 Å². The second kappa shape index (κ2) is 6.38. The van der Waals surface area contributed by atoms with Crippen LogP contribution in [0.2, 0.25) is 0 Å². The maximum absolute atomic E-state index is 12.5. The van der Waals surface area contributed by atoms with Gasteiger partial charge in [-0.2, -0.15) is 13.2 Å². The first-order valence-electron chi connectivity index (χ1n) is 7.33. The first kappa shape index (κ1) is 16.1. The number of hydrogen-bond donors (Lipinski definition) is 1. The molecule has 0 saturated heterocycles. The molecule has 1 aliphatic carbocycles. The summed E-state index contributed by atoms with van der Waals surface area (Å²) in [5.74, 6) is 0. The van der Waals surface area contributed by atoms with E-state index < -0.39 is 11.7 Å². The fraction of sp³-hybridized carbons (Fsp3) is 0.500. The van der Waals surface area contributed by atoms with Crippen LogP contribution in [0.3, 0.4) is 0 Å². The molecule has 3 rings (SSSR count). The Morgan fingerprint density at radius 3 is 2.57 bits per heavy atom. The Balaban J connectivity index is 1.82. The number of nitrogens with zero attached hydrogens (tertiary/aromatic N) is 3. The lowest BCUT2D eigenvalue weighted by molar-refractivity contribution is -0.137. The summed E-state index contributed by atoms with van der Waals surface area (Å²) in [5.41, 5.74) is -1.08. The molecule has 2 aromatic rings. The summed E-state index contributed by atoms with van der Waals surface area (Å²) in [6.45, 7) is 0. The van der Waals surface area contributed by atoms with Gasteiger partial charge in [0.25, 0.3) is 0 Å². The Bertz CT molecular complexity index is 717. The number of alkyl halides is 3. The number of aromatic nitrogens is 4. The molecular formula is C14H15F3N4OS. The molecule has 0 amide bonds. The fourth-order valence-electron chi connectivity index (χ4n) is 2.73. The summed E-state index contributed by atoms with van der Waals surface area (Å²) in [7, 11) is 0. The topological polar surface area (TPSA) is 63.6 Å². The van der Waals surface area contributed by atoms with E-state index >= 15 is 0 Å². The van der Waals surface area contributed by atoms with Crippen molar-refractivity contribution in [1.82, 2.24) is 19.7 Å². The van der Waals surface area contributed by atoms with Gasteiger partial charge < -0.3 is 0 Å². The molecule has 0 atom stereocenters. The Morgan fingerprint density at radius 2 is 1.96 bits per heavy atom. The normalized spacial score (nSPS) is 16.7. The highest BCUT2D eigenvalue weighted by Gasteiger charge is 2.30. The van der Waals surface area contributed by atoms with Crippen LogP contribution in [-0.2, 0) is 6.18 Å². The molecule has 0 bridgehead atoms. The zero-order valence-electron chi connectivity index (χ0n) is 12.1. The molecule has 2 aromatic heterocycles. The summed E-state index contributed by atoms with van der Waals surface area (Å²) in [5, 5.41) is 7.21. The van der Waals surface area contributed by atoms with Gasteiger partial charge in [-0.1, -0.05) is 19.3 Å². The number of H-pyrrole nitrogens is 1. The molecule has 5 nitrogen and oxygen atoms in total. The fourth-order valence-corrected chi connectivity index (χ4v) is 3.58. The lowest BCUT2D eigenvalue weighted by Gasteiger charge is -2.22. The van der Waals surface area contributed by atoms with E-state index in [4.69, 9.17) is 0 Å². The van der Waals surface area contributed by atoms with Gasteiger partial charge in [-0.3, -0.25) is 4.57 Å². The van der Waals surface area contributed by atoms with Crippen LogP contribution in [0.1, 0.15) is 43.7 Å². The van der Waals surface area contributed by atoms with Crippen molar-refractivity contribution in [2.24, 2.45) is 0 Å². The first-order chi connectivity index (χ1) is 10.9. The smallest absolute Gasteiger partial charge is 0.267 e. The minimum absolute atomic E-state index is 0.0898. The standard InChI is InChI=1S/C14H15F3N4OS/c15-14(16,17)9-6-7-11(18-8-9)23-13-20-19-12(22)21(13)10-4-2-1-3-5-10/h6-8,10H,1-5H2,(H,19,22). The molecule has 0 aromatic carbocycles. The van der Waals surface area contributed by atoms with Crippen LogP contribution in [0.25, 0.3) is 0 Å². The quantitative estimate of drug-likeness (QED) is 0.923. The molecule has 0 radical (unpaired) electrons. The molecule has 0 unspecified atom stereocenters. The highest BCUT2D eigenvalue weighted by molar-refractivity contribution is 7.99. The number of hydrogen-bond acceptors (Lipinski definition) is 4. The highest BCUT2D eigenvalue weighted by atomic mass is 32.2. The Kier molecular flexibility index (Phi) is 4.47. The summed E-state index contributed by atoms with van der Waals surface area (Å²) in [6, 6.07) is 2.36.